The number of aromatic nitrogens is 4. The summed E-state index contributed by atoms with van der Waals surface area (Å²) in [6, 6.07) is 12.4. The van der Waals surface area contributed by atoms with Gasteiger partial charge < -0.3 is 4.90 Å². The van der Waals surface area contributed by atoms with Gasteiger partial charge in [-0.3, -0.25) is 23.9 Å². The highest BCUT2D eigenvalue weighted by molar-refractivity contribution is 7.71. The molecule has 0 amide bonds. The molecule has 0 saturated heterocycles. The highest BCUT2D eigenvalue weighted by Crippen LogP contribution is 2.35. The van der Waals surface area contributed by atoms with E-state index in [1.54, 1.807) is 33.5 Å². The third-order valence-corrected chi connectivity index (χ3v) is 6.31. The van der Waals surface area contributed by atoms with Crippen molar-refractivity contribution in [2.45, 2.75) is 32.6 Å². The van der Waals surface area contributed by atoms with Gasteiger partial charge in [0.15, 0.2) is 0 Å². The van der Waals surface area contributed by atoms with Crippen molar-refractivity contribution in [1.29, 1.82) is 0 Å². The van der Waals surface area contributed by atoms with Crippen LogP contribution in [-0.4, -0.2) is 29.7 Å². The summed E-state index contributed by atoms with van der Waals surface area (Å²) >= 11 is 5.77. The molecule has 162 valence electrons. The first-order chi connectivity index (χ1) is 15.4. The Morgan fingerprint density at radius 2 is 2.09 bits per heavy atom. The number of para-hydroxylation sites is 1. The molecule has 1 atom stereocenters. The Bertz CT molecular complexity index is 1530. The predicted molar refractivity (Wildman–Crippen MR) is 125 cm³/mol. The minimum Gasteiger partial charge on any atom is -0.349 e. The Morgan fingerprint density at radius 1 is 1.31 bits per heavy atom. The number of nitro benzene ring substituents is 1. The maximum Gasteiger partial charge on any atom is 0.269 e. The molecule has 0 aliphatic carbocycles. The van der Waals surface area contributed by atoms with Gasteiger partial charge in [0.2, 0.25) is 10.5 Å². The molecule has 4 aromatic rings. The average molecular weight is 449 g/mol. The van der Waals surface area contributed by atoms with Crippen LogP contribution in [-0.2, 0) is 19.6 Å². The summed E-state index contributed by atoms with van der Waals surface area (Å²) < 4.78 is 5.54. The molecule has 9 nitrogen and oxygen atoms in total. The van der Waals surface area contributed by atoms with Crippen LogP contribution < -0.4 is 10.5 Å². The number of fused-ring (bicyclic) bond motifs is 4. The fraction of sp³-hybridized carbons (Fsp3) is 0.227. The molecule has 0 fully saturated rings. The Morgan fingerprint density at radius 3 is 2.84 bits per heavy atom. The molecule has 1 aliphatic heterocycles. The second-order valence-corrected chi connectivity index (χ2v) is 8.24. The number of rotatable bonds is 5. The monoisotopic (exact) mass is 448 g/mol. The van der Waals surface area contributed by atoms with Crippen LogP contribution in [0.5, 0.6) is 0 Å². The van der Waals surface area contributed by atoms with E-state index in [4.69, 9.17) is 17.3 Å². The predicted octanol–water partition coefficient (Wildman–Crippen LogP) is 3.68. The summed E-state index contributed by atoms with van der Waals surface area (Å²) in [5, 5.41) is 16.4. The normalized spacial score (nSPS) is 15.4. The lowest BCUT2D eigenvalue weighted by atomic mass is 10.1. The van der Waals surface area contributed by atoms with E-state index in [2.05, 4.69) is 18.4 Å². The van der Waals surface area contributed by atoms with Gasteiger partial charge in [-0.15, -0.1) is 11.7 Å². The highest BCUT2D eigenvalue weighted by atomic mass is 32.1. The van der Waals surface area contributed by atoms with Crippen LogP contribution in [0.3, 0.4) is 0 Å². The lowest BCUT2D eigenvalue weighted by molar-refractivity contribution is -0.384. The molecule has 0 radical (unpaired) electrons. The molecule has 2 aromatic heterocycles. The smallest absolute Gasteiger partial charge is 0.269 e. The summed E-state index contributed by atoms with van der Waals surface area (Å²) in [6.45, 7) is 6.50. The van der Waals surface area contributed by atoms with Crippen molar-refractivity contribution in [2.75, 3.05) is 4.90 Å². The average Bonchev–Trinajstić information content (AvgIpc) is 3.27. The molecule has 5 rings (SSSR count). The topological polar surface area (TPSA) is 90.6 Å². The number of nitrogens with zero attached hydrogens (tertiary/aromatic N) is 6. The molecule has 0 saturated carbocycles. The molecule has 32 heavy (non-hydrogen) atoms. The first kappa shape index (κ1) is 20.1. The maximum atomic E-state index is 13.1. The molecular formula is C22H20N6O3S. The Labute approximate surface area is 187 Å². The van der Waals surface area contributed by atoms with Crippen molar-refractivity contribution in [3.8, 4) is 0 Å². The van der Waals surface area contributed by atoms with Crippen LogP contribution in [0.15, 0.2) is 59.9 Å². The zero-order valence-corrected chi connectivity index (χ0v) is 18.2. The number of allylic oxidation sites excluding steroid dienone is 1. The van der Waals surface area contributed by atoms with E-state index >= 15 is 0 Å². The molecule has 0 spiro atoms. The van der Waals surface area contributed by atoms with Gasteiger partial charge >= 0.3 is 0 Å². The van der Waals surface area contributed by atoms with Gasteiger partial charge in [0.1, 0.15) is 6.67 Å². The first-order valence-electron chi connectivity index (χ1n) is 10.2. The van der Waals surface area contributed by atoms with Gasteiger partial charge in [0.25, 0.3) is 11.2 Å². The van der Waals surface area contributed by atoms with Crippen molar-refractivity contribution in [2.24, 2.45) is 0 Å². The van der Waals surface area contributed by atoms with Crippen LogP contribution >= 0.6 is 12.2 Å². The van der Waals surface area contributed by atoms with Gasteiger partial charge in [0.05, 0.1) is 15.8 Å². The number of hydrogen-bond acceptors (Lipinski definition) is 6. The van der Waals surface area contributed by atoms with Gasteiger partial charge in [-0.2, -0.15) is 0 Å². The van der Waals surface area contributed by atoms with Gasteiger partial charge in [0, 0.05) is 30.4 Å². The molecule has 1 unspecified atom stereocenters. The van der Waals surface area contributed by atoms with Crippen LogP contribution in [0, 0.1) is 14.9 Å². The SMILES string of the molecule is C=CCn1c(=O)c2ccccc2n2c(=S)n(CN3c4ccc([N+](=O)[O-])cc4CC3C)nc12. The van der Waals surface area contributed by atoms with Gasteiger partial charge in [-0.25, -0.2) is 4.68 Å². The fourth-order valence-corrected chi connectivity index (χ4v) is 4.69. The molecule has 0 N–H and O–H groups in total. The third-order valence-electron chi connectivity index (χ3n) is 5.91. The van der Waals surface area contributed by atoms with Crippen LogP contribution in [0.1, 0.15) is 12.5 Å². The number of benzene rings is 2. The second kappa shape index (κ2) is 7.41. The summed E-state index contributed by atoms with van der Waals surface area (Å²) in [5.74, 6) is 0.453. The fourth-order valence-electron chi connectivity index (χ4n) is 4.41. The largest absolute Gasteiger partial charge is 0.349 e. The first-order valence-corrected chi connectivity index (χ1v) is 10.6. The molecule has 0 bridgehead atoms. The van der Waals surface area contributed by atoms with E-state index in [0.717, 1.165) is 11.3 Å². The Balaban J connectivity index is 1.66. The Hall–Kier alpha value is -3.79. The molecular weight excluding hydrogens is 428 g/mol. The number of non-ortho nitro benzene ring substituents is 1. The van der Waals surface area contributed by atoms with E-state index in [9.17, 15) is 14.9 Å². The van der Waals surface area contributed by atoms with E-state index in [1.165, 1.54) is 6.07 Å². The molecule has 3 heterocycles. The van der Waals surface area contributed by atoms with Crippen molar-refractivity contribution in [3.63, 3.8) is 0 Å². The quantitative estimate of drug-likeness (QED) is 0.200. The minimum atomic E-state index is -0.379. The highest BCUT2D eigenvalue weighted by Gasteiger charge is 2.28. The molecule has 1 aliphatic rings. The zero-order chi connectivity index (χ0) is 22.6. The van der Waals surface area contributed by atoms with Crippen LogP contribution in [0.4, 0.5) is 11.4 Å². The number of hydrogen-bond donors (Lipinski definition) is 0. The van der Waals surface area contributed by atoms with Crippen LogP contribution in [0.2, 0.25) is 0 Å². The second-order valence-electron chi connectivity index (χ2n) is 7.87. The molecule has 2 aromatic carbocycles. The van der Waals surface area contributed by atoms with Crippen molar-refractivity contribution in [1.82, 2.24) is 18.7 Å². The third kappa shape index (κ3) is 2.94. The van der Waals surface area contributed by atoms with E-state index in [-0.39, 0.29) is 22.2 Å². The molecule has 10 heteroatoms. The summed E-state index contributed by atoms with van der Waals surface area (Å²) in [5.41, 5.74) is 2.50. The zero-order valence-electron chi connectivity index (χ0n) is 17.3. The standard InChI is InChI=1S/C22H20N6O3S/c1-3-10-24-20(29)17-6-4-5-7-19(17)27-21(24)23-26(22(27)32)13-25-14(2)11-15-12-16(28(30)31)8-9-18(15)25/h3-9,12,14H,1,10-11,13H2,2H3. The van der Waals surface area contributed by atoms with Gasteiger partial charge in [-0.05, 0) is 49.3 Å². The summed E-state index contributed by atoms with van der Waals surface area (Å²) in [7, 11) is 0. The van der Waals surface area contributed by atoms with E-state index in [1.807, 2.05) is 22.6 Å². The lowest BCUT2D eigenvalue weighted by Gasteiger charge is -2.24. The van der Waals surface area contributed by atoms with Crippen molar-refractivity contribution < 1.29 is 4.92 Å². The van der Waals surface area contributed by atoms with Crippen LogP contribution in [0.25, 0.3) is 16.7 Å². The number of anilines is 1. The summed E-state index contributed by atoms with van der Waals surface area (Å²) in [6.07, 6.45) is 2.35. The Kier molecular flexibility index (Phi) is 4.66. The number of nitro groups is 1. The van der Waals surface area contributed by atoms with Crippen molar-refractivity contribution >= 4 is 40.3 Å². The maximum absolute atomic E-state index is 13.1. The van der Waals surface area contributed by atoms with E-state index < -0.39 is 0 Å². The van der Waals surface area contributed by atoms with Crippen molar-refractivity contribution in [3.05, 3.63) is 85.9 Å². The lowest BCUT2D eigenvalue weighted by Crippen LogP contribution is -2.32. The summed E-state index contributed by atoms with van der Waals surface area (Å²) in [4.78, 5) is 25.9. The minimum absolute atomic E-state index is 0.0852. The van der Waals surface area contributed by atoms with E-state index in [0.29, 0.717) is 41.1 Å². The van der Waals surface area contributed by atoms with Gasteiger partial charge in [-0.1, -0.05) is 18.2 Å².